The molecule has 1 unspecified atom stereocenters. The van der Waals surface area contributed by atoms with Crippen molar-refractivity contribution in [2.75, 3.05) is 0 Å². The Kier molecular flexibility index (Phi) is 8.25. The highest BCUT2D eigenvalue weighted by Gasteiger charge is 2.27. The topological polar surface area (TPSA) is 94.8 Å². The second-order valence-electron chi connectivity index (χ2n) is 9.69. The zero-order valence-electron chi connectivity index (χ0n) is 22.8. The second-order valence-corrected chi connectivity index (χ2v) is 9.69. The van der Waals surface area contributed by atoms with Gasteiger partial charge in [0.1, 0.15) is 17.9 Å². The largest absolute Gasteiger partial charge is 0.445 e. The van der Waals surface area contributed by atoms with Gasteiger partial charge < -0.3 is 19.2 Å². The molecule has 1 amide bonds. The van der Waals surface area contributed by atoms with Gasteiger partial charge in [0, 0.05) is 22.9 Å². The normalized spacial score (nSPS) is 11.6. The highest BCUT2D eigenvalue weighted by atomic mass is 16.6. The lowest BCUT2D eigenvalue weighted by Gasteiger charge is -2.19. The SMILES string of the molecule is Cc1c(Cc2ccccc2)c(=O)oc2c(C)c(OC(=O)C(NC(=O)OCc3ccccc3)c3ccccc3)ccc12. The minimum Gasteiger partial charge on any atom is -0.445 e. The van der Waals surface area contributed by atoms with Crippen LogP contribution >= 0.6 is 0 Å². The predicted molar refractivity (Wildman–Crippen MR) is 156 cm³/mol. The van der Waals surface area contributed by atoms with Crippen molar-refractivity contribution >= 4 is 23.0 Å². The summed E-state index contributed by atoms with van der Waals surface area (Å²) in [7, 11) is 0. The average molecular weight is 548 g/mol. The molecule has 0 aliphatic heterocycles. The number of benzene rings is 4. The van der Waals surface area contributed by atoms with E-state index in [1.807, 2.05) is 73.7 Å². The van der Waals surface area contributed by atoms with E-state index in [0.717, 1.165) is 22.1 Å². The molecule has 5 aromatic rings. The molecule has 0 aliphatic rings. The Hall–Kier alpha value is -5.17. The number of alkyl carbamates (subject to hydrolysis) is 1. The van der Waals surface area contributed by atoms with Crippen molar-refractivity contribution < 1.29 is 23.5 Å². The predicted octanol–water partition coefficient (Wildman–Crippen LogP) is 6.57. The van der Waals surface area contributed by atoms with Gasteiger partial charge in [-0.2, -0.15) is 0 Å². The second kappa shape index (κ2) is 12.3. The standard InChI is InChI=1S/C34H29NO6/c1-22-27-18-19-29(23(2)31(27)41-32(36)28(22)20-24-12-6-3-7-13-24)40-33(37)30(26-16-10-5-11-17-26)35-34(38)39-21-25-14-8-4-9-15-25/h3-19,30H,20-21H2,1-2H3,(H,35,38). The molecule has 206 valence electrons. The number of esters is 1. The van der Waals surface area contributed by atoms with Crippen molar-refractivity contribution in [2.45, 2.75) is 32.9 Å². The monoisotopic (exact) mass is 547 g/mol. The van der Waals surface area contributed by atoms with Gasteiger partial charge in [-0.3, -0.25) is 0 Å². The van der Waals surface area contributed by atoms with Gasteiger partial charge in [0.15, 0.2) is 6.04 Å². The molecule has 7 nitrogen and oxygen atoms in total. The third-order valence-corrected chi connectivity index (χ3v) is 6.93. The van der Waals surface area contributed by atoms with Gasteiger partial charge in [-0.15, -0.1) is 0 Å². The molecule has 41 heavy (non-hydrogen) atoms. The van der Waals surface area contributed by atoms with Crippen LogP contribution in [0.25, 0.3) is 11.0 Å². The van der Waals surface area contributed by atoms with E-state index < -0.39 is 23.7 Å². The number of aryl methyl sites for hydroxylation is 2. The van der Waals surface area contributed by atoms with Crippen molar-refractivity contribution in [3.05, 3.63) is 147 Å². The number of nitrogens with one attached hydrogen (secondary N) is 1. The first-order valence-corrected chi connectivity index (χ1v) is 13.2. The first kappa shape index (κ1) is 27.4. The smallest absolute Gasteiger partial charge is 0.408 e. The summed E-state index contributed by atoms with van der Waals surface area (Å²) in [6, 6.07) is 30.0. The number of rotatable bonds is 8. The highest BCUT2D eigenvalue weighted by molar-refractivity contribution is 5.88. The third kappa shape index (κ3) is 6.36. The number of hydrogen-bond acceptors (Lipinski definition) is 6. The van der Waals surface area contributed by atoms with Gasteiger partial charge in [-0.25, -0.2) is 14.4 Å². The van der Waals surface area contributed by atoms with Gasteiger partial charge in [-0.1, -0.05) is 91.0 Å². The molecule has 4 aromatic carbocycles. The minimum atomic E-state index is -1.13. The molecule has 0 spiro atoms. The molecule has 0 aliphatic carbocycles. The Balaban J connectivity index is 1.38. The molecule has 0 bridgehead atoms. The molecular formula is C34H29NO6. The van der Waals surface area contributed by atoms with Gasteiger partial charge in [0.25, 0.3) is 0 Å². The van der Waals surface area contributed by atoms with Crippen molar-refractivity contribution in [2.24, 2.45) is 0 Å². The van der Waals surface area contributed by atoms with Gasteiger partial charge in [0.2, 0.25) is 0 Å². The lowest BCUT2D eigenvalue weighted by Crippen LogP contribution is -2.36. The van der Waals surface area contributed by atoms with Crippen molar-refractivity contribution in [3.8, 4) is 5.75 Å². The molecule has 1 atom stereocenters. The number of hydrogen-bond donors (Lipinski definition) is 1. The van der Waals surface area contributed by atoms with E-state index in [0.29, 0.717) is 28.7 Å². The van der Waals surface area contributed by atoms with Gasteiger partial charge >= 0.3 is 17.7 Å². The average Bonchev–Trinajstić information content (AvgIpc) is 3.00. The Morgan fingerprint density at radius 3 is 2.05 bits per heavy atom. The number of ether oxygens (including phenoxy) is 2. The molecule has 5 rings (SSSR count). The summed E-state index contributed by atoms with van der Waals surface area (Å²) in [5.74, 6) is -0.490. The van der Waals surface area contributed by atoms with E-state index in [2.05, 4.69) is 5.32 Å². The Morgan fingerprint density at radius 1 is 0.780 bits per heavy atom. The summed E-state index contributed by atoms with van der Waals surface area (Å²) in [5, 5.41) is 3.38. The van der Waals surface area contributed by atoms with Crippen LogP contribution < -0.4 is 15.7 Å². The number of carbonyl (C=O) groups is 2. The van der Waals surface area contributed by atoms with Crippen molar-refractivity contribution in [3.63, 3.8) is 0 Å². The van der Waals surface area contributed by atoms with Crippen LogP contribution in [-0.2, 0) is 22.6 Å². The molecule has 0 radical (unpaired) electrons. The van der Waals surface area contributed by atoms with Crippen LogP contribution in [0.2, 0.25) is 0 Å². The minimum absolute atomic E-state index is 0.0532. The Bertz CT molecular complexity index is 1730. The van der Waals surface area contributed by atoms with E-state index in [1.54, 1.807) is 43.3 Å². The fourth-order valence-corrected chi connectivity index (χ4v) is 4.66. The maximum Gasteiger partial charge on any atom is 0.408 e. The third-order valence-electron chi connectivity index (χ3n) is 6.93. The molecule has 0 saturated heterocycles. The van der Waals surface area contributed by atoms with Crippen LogP contribution in [0.1, 0.15) is 39.4 Å². The molecule has 0 fully saturated rings. The zero-order chi connectivity index (χ0) is 28.8. The van der Waals surface area contributed by atoms with Crippen LogP contribution in [0.4, 0.5) is 4.79 Å². The van der Waals surface area contributed by atoms with Crippen LogP contribution in [0, 0.1) is 13.8 Å². The Labute approximate surface area is 237 Å². The molecule has 1 aromatic heterocycles. The number of fused-ring (bicyclic) bond motifs is 1. The van der Waals surface area contributed by atoms with Crippen LogP contribution in [0.15, 0.2) is 112 Å². The van der Waals surface area contributed by atoms with E-state index in [-0.39, 0.29) is 12.4 Å². The molecule has 1 heterocycles. The van der Waals surface area contributed by atoms with E-state index >= 15 is 0 Å². The lowest BCUT2D eigenvalue weighted by molar-refractivity contribution is -0.136. The van der Waals surface area contributed by atoms with Gasteiger partial charge in [0.05, 0.1) is 0 Å². The Morgan fingerprint density at radius 2 is 1.39 bits per heavy atom. The lowest BCUT2D eigenvalue weighted by atomic mass is 9.98. The fraction of sp³-hybridized carbons (Fsp3) is 0.147. The summed E-state index contributed by atoms with van der Waals surface area (Å²) in [6.07, 6.45) is -0.312. The quantitative estimate of drug-likeness (QED) is 0.134. The van der Waals surface area contributed by atoms with Crippen molar-refractivity contribution in [1.82, 2.24) is 5.32 Å². The van der Waals surface area contributed by atoms with Crippen LogP contribution in [0.3, 0.4) is 0 Å². The van der Waals surface area contributed by atoms with Crippen LogP contribution in [-0.4, -0.2) is 12.1 Å². The van der Waals surface area contributed by atoms with E-state index in [1.165, 1.54) is 0 Å². The maximum atomic E-state index is 13.4. The first-order chi connectivity index (χ1) is 19.9. The zero-order valence-corrected chi connectivity index (χ0v) is 22.8. The molecule has 1 N–H and O–H groups in total. The summed E-state index contributed by atoms with van der Waals surface area (Å²) in [6.45, 7) is 3.67. The summed E-state index contributed by atoms with van der Waals surface area (Å²) < 4.78 is 16.8. The summed E-state index contributed by atoms with van der Waals surface area (Å²) in [5.41, 5.74) is 4.15. The maximum absolute atomic E-state index is 13.4. The van der Waals surface area contributed by atoms with E-state index in [4.69, 9.17) is 13.9 Å². The van der Waals surface area contributed by atoms with E-state index in [9.17, 15) is 14.4 Å². The first-order valence-electron chi connectivity index (χ1n) is 13.2. The molecular weight excluding hydrogens is 518 g/mol. The molecule has 0 saturated carbocycles. The number of amides is 1. The van der Waals surface area contributed by atoms with Gasteiger partial charge in [-0.05, 0) is 48.2 Å². The van der Waals surface area contributed by atoms with Crippen LogP contribution in [0.5, 0.6) is 5.75 Å². The summed E-state index contributed by atoms with van der Waals surface area (Å²) >= 11 is 0. The summed E-state index contributed by atoms with van der Waals surface area (Å²) in [4.78, 5) is 39.1. The number of carbonyl (C=O) groups excluding carboxylic acids is 2. The molecule has 7 heteroatoms. The highest BCUT2D eigenvalue weighted by Crippen LogP contribution is 2.31. The fourth-order valence-electron chi connectivity index (χ4n) is 4.66. The van der Waals surface area contributed by atoms with Crippen molar-refractivity contribution in [1.29, 1.82) is 0 Å².